The minimum atomic E-state index is -1.02. The zero-order valence-corrected chi connectivity index (χ0v) is 11.4. The normalized spacial score (nSPS) is 10.7. The van der Waals surface area contributed by atoms with Gasteiger partial charge in [0.25, 0.3) is 0 Å². The summed E-state index contributed by atoms with van der Waals surface area (Å²) in [4.78, 5) is 22.4. The lowest BCUT2D eigenvalue weighted by atomic mass is 10.2. The molecule has 2 N–H and O–H groups in total. The maximum atomic E-state index is 11.9. The van der Waals surface area contributed by atoms with Crippen molar-refractivity contribution in [1.29, 1.82) is 0 Å². The molecule has 0 fully saturated rings. The highest BCUT2D eigenvalue weighted by Crippen LogP contribution is 2.05. The van der Waals surface area contributed by atoms with Crippen LogP contribution in [0.15, 0.2) is 54.7 Å². The third-order valence-corrected chi connectivity index (χ3v) is 2.91. The summed E-state index contributed by atoms with van der Waals surface area (Å²) >= 11 is 0. The predicted molar refractivity (Wildman–Crippen MR) is 79.4 cm³/mol. The first kappa shape index (κ1) is 14.6. The van der Waals surface area contributed by atoms with E-state index in [0.717, 1.165) is 11.6 Å². The van der Waals surface area contributed by atoms with Crippen molar-refractivity contribution in [2.24, 2.45) is 0 Å². The molecule has 2 rings (SSSR count). The zero-order chi connectivity index (χ0) is 15.1. The van der Waals surface area contributed by atoms with Gasteiger partial charge in [0.15, 0.2) is 0 Å². The van der Waals surface area contributed by atoms with Gasteiger partial charge in [0.2, 0.25) is 5.91 Å². The highest BCUT2D eigenvalue weighted by molar-refractivity contribution is 5.85. The van der Waals surface area contributed by atoms with E-state index in [0.29, 0.717) is 12.2 Å². The van der Waals surface area contributed by atoms with Crippen LogP contribution in [0.5, 0.6) is 0 Å². The van der Waals surface area contributed by atoms with Crippen molar-refractivity contribution in [2.75, 3.05) is 0 Å². The van der Waals surface area contributed by atoms with E-state index in [9.17, 15) is 9.59 Å². The van der Waals surface area contributed by atoms with Crippen LogP contribution in [-0.4, -0.2) is 21.6 Å². The Balaban J connectivity index is 1.91. The van der Waals surface area contributed by atoms with Crippen molar-refractivity contribution in [1.82, 2.24) is 9.88 Å². The van der Waals surface area contributed by atoms with Crippen LogP contribution >= 0.6 is 0 Å². The number of amides is 1. The van der Waals surface area contributed by atoms with Crippen LogP contribution in [0.2, 0.25) is 0 Å². The maximum absolute atomic E-state index is 11.9. The van der Waals surface area contributed by atoms with Gasteiger partial charge in [0, 0.05) is 24.5 Å². The molecule has 108 valence electrons. The van der Waals surface area contributed by atoms with Gasteiger partial charge in [-0.15, -0.1) is 0 Å². The molecule has 0 unspecified atom stereocenters. The van der Waals surface area contributed by atoms with Crippen LogP contribution in [0, 0.1) is 0 Å². The van der Waals surface area contributed by atoms with Crippen molar-refractivity contribution in [2.45, 2.75) is 13.1 Å². The van der Waals surface area contributed by atoms with Gasteiger partial charge < -0.3 is 15.0 Å². The van der Waals surface area contributed by atoms with Gasteiger partial charge in [-0.3, -0.25) is 4.79 Å². The monoisotopic (exact) mass is 284 g/mol. The summed E-state index contributed by atoms with van der Waals surface area (Å²) in [7, 11) is 0. The highest BCUT2D eigenvalue weighted by atomic mass is 16.4. The Hall–Kier alpha value is -2.82. The summed E-state index contributed by atoms with van der Waals surface area (Å²) in [6.07, 6.45) is 4.25. The second kappa shape index (κ2) is 7.09. The number of aromatic nitrogens is 1. The number of hydrogen-bond donors (Lipinski definition) is 2. The Morgan fingerprint density at radius 1 is 1.14 bits per heavy atom. The smallest absolute Gasteiger partial charge is 0.328 e. The molecule has 0 aliphatic rings. The van der Waals surface area contributed by atoms with Gasteiger partial charge in [-0.05, 0) is 23.8 Å². The maximum Gasteiger partial charge on any atom is 0.328 e. The standard InChI is InChI=1S/C16H16N2O3/c19-15(17-11-13-5-2-1-3-6-13)12-18-10-4-7-14(18)8-9-16(20)21/h1-10H,11-12H2,(H,17,19)(H,20,21)/b9-8+. The fourth-order valence-electron chi connectivity index (χ4n) is 1.89. The number of hydrogen-bond acceptors (Lipinski definition) is 2. The minimum absolute atomic E-state index is 0.125. The van der Waals surface area contributed by atoms with Gasteiger partial charge >= 0.3 is 5.97 Å². The molecule has 0 saturated heterocycles. The third-order valence-electron chi connectivity index (χ3n) is 2.91. The SMILES string of the molecule is O=C(O)/C=C/c1cccn1CC(=O)NCc1ccccc1. The molecule has 2 aromatic rings. The van der Waals surface area contributed by atoms with E-state index in [-0.39, 0.29) is 12.5 Å². The van der Waals surface area contributed by atoms with Crippen LogP contribution in [0.25, 0.3) is 6.08 Å². The highest BCUT2D eigenvalue weighted by Gasteiger charge is 2.05. The van der Waals surface area contributed by atoms with E-state index in [1.54, 1.807) is 22.9 Å². The summed E-state index contributed by atoms with van der Waals surface area (Å²) in [6.45, 7) is 0.625. The molecule has 1 aromatic carbocycles. The van der Waals surface area contributed by atoms with E-state index in [1.165, 1.54) is 6.08 Å². The number of benzene rings is 1. The average Bonchev–Trinajstić information content (AvgIpc) is 2.91. The number of nitrogens with zero attached hydrogens (tertiary/aromatic N) is 1. The molecule has 5 nitrogen and oxygen atoms in total. The van der Waals surface area contributed by atoms with Crippen molar-refractivity contribution in [3.05, 3.63) is 66.0 Å². The largest absolute Gasteiger partial charge is 0.478 e. The lowest BCUT2D eigenvalue weighted by molar-refractivity contribution is -0.131. The number of aliphatic carboxylic acids is 1. The average molecular weight is 284 g/mol. The van der Waals surface area contributed by atoms with E-state index in [1.807, 2.05) is 30.3 Å². The molecule has 0 saturated carbocycles. The van der Waals surface area contributed by atoms with E-state index >= 15 is 0 Å². The third kappa shape index (κ3) is 4.65. The van der Waals surface area contributed by atoms with Crippen molar-refractivity contribution in [3.63, 3.8) is 0 Å². The fourth-order valence-corrected chi connectivity index (χ4v) is 1.89. The summed E-state index contributed by atoms with van der Waals surface area (Å²) < 4.78 is 1.69. The van der Waals surface area contributed by atoms with Crippen molar-refractivity contribution < 1.29 is 14.7 Å². The van der Waals surface area contributed by atoms with Crippen LogP contribution in [0.4, 0.5) is 0 Å². The molecule has 1 aromatic heterocycles. The van der Waals surface area contributed by atoms with Crippen LogP contribution in [0.3, 0.4) is 0 Å². The molecular weight excluding hydrogens is 268 g/mol. The first-order chi connectivity index (χ1) is 10.1. The Morgan fingerprint density at radius 2 is 1.90 bits per heavy atom. The number of carbonyl (C=O) groups is 2. The topological polar surface area (TPSA) is 71.3 Å². The molecular formula is C16H16N2O3. The van der Waals surface area contributed by atoms with Crippen molar-refractivity contribution in [3.8, 4) is 0 Å². The van der Waals surface area contributed by atoms with E-state index in [2.05, 4.69) is 5.32 Å². The lowest BCUT2D eigenvalue weighted by Gasteiger charge is -2.08. The number of carboxylic acids is 1. The quantitative estimate of drug-likeness (QED) is 0.796. The van der Waals surface area contributed by atoms with E-state index < -0.39 is 5.97 Å². The number of rotatable bonds is 6. The summed E-state index contributed by atoms with van der Waals surface area (Å²) in [5.41, 5.74) is 1.71. The molecule has 0 aliphatic carbocycles. The predicted octanol–water partition coefficient (Wildman–Crippen LogP) is 1.90. The molecule has 1 amide bonds. The molecule has 0 aliphatic heterocycles. The molecule has 0 bridgehead atoms. The van der Waals surface area contributed by atoms with Gasteiger partial charge in [-0.1, -0.05) is 30.3 Å². The summed E-state index contributed by atoms with van der Waals surface area (Å²) in [6, 6.07) is 13.2. The Kier molecular flexibility index (Phi) is 4.93. The summed E-state index contributed by atoms with van der Waals surface area (Å²) in [5, 5.41) is 11.4. The first-order valence-electron chi connectivity index (χ1n) is 6.52. The van der Waals surface area contributed by atoms with Crippen LogP contribution < -0.4 is 5.32 Å². The molecule has 5 heteroatoms. The Morgan fingerprint density at radius 3 is 2.62 bits per heavy atom. The van der Waals surface area contributed by atoms with Gasteiger partial charge in [0.05, 0.1) is 0 Å². The van der Waals surface area contributed by atoms with E-state index in [4.69, 9.17) is 5.11 Å². The molecule has 21 heavy (non-hydrogen) atoms. The fraction of sp³-hybridized carbons (Fsp3) is 0.125. The van der Waals surface area contributed by atoms with Gasteiger partial charge in [-0.2, -0.15) is 0 Å². The number of nitrogens with one attached hydrogen (secondary N) is 1. The van der Waals surface area contributed by atoms with Gasteiger partial charge in [-0.25, -0.2) is 4.79 Å². The first-order valence-corrected chi connectivity index (χ1v) is 6.52. The van der Waals surface area contributed by atoms with Crippen LogP contribution in [0.1, 0.15) is 11.3 Å². The van der Waals surface area contributed by atoms with Gasteiger partial charge in [0.1, 0.15) is 6.54 Å². The number of carboxylic acid groups (broad SMARTS) is 1. The molecule has 0 radical (unpaired) electrons. The summed E-state index contributed by atoms with van der Waals surface area (Å²) in [5.74, 6) is -1.14. The second-order valence-electron chi connectivity index (χ2n) is 4.49. The molecule has 0 atom stereocenters. The second-order valence-corrected chi connectivity index (χ2v) is 4.49. The van der Waals surface area contributed by atoms with Crippen LogP contribution in [-0.2, 0) is 22.7 Å². The molecule has 1 heterocycles. The number of carbonyl (C=O) groups excluding carboxylic acids is 1. The Labute approximate surface area is 122 Å². The lowest BCUT2D eigenvalue weighted by Crippen LogP contribution is -2.27. The minimum Gasteiger partial charge on any atom is -0.478 e. The Bertz CT molecular complexity index is 645. The van der Waals surface area contributed by atoms with Crippen molar-refractivity contribution >= 4 is 18.0 Å². The zero-order valence-electron chi connectivity index (χ0n) is 11.4. The molecule has 0 spiro atoms.